The average molecular weight is 268 g/mol. The molecule has 4 nitrogen and oxygen atoms in total. The molecule has 1 N–H and O–H groups in total. The zero-order valence-electron chi connectivity index (χ0n) is 10.2. The van der Waals surface area contributed by atoms with Gasteiger partial charge < -0.3 is 10.0 Å². The van der Waals surface area contributed by atoms with Crippen LogP contribution in [0.5, 0.6) is 0 Å². The molecule has 0 fully saturated rings. The van der Waals surface area contributed by atoms with E-state index >= 15 is 0 Å². The van der Waals surface area contributed by atoms with E-state index in [-0.39, 0.29) is 17.5 Å². The first kappa shape index (κ1) is 12.9. The molecule has 1 aliphatic rings. The number of fused-ring (bicyclic) bond motifs is 1. The van der Waals surface area contributed by atoms with Crippen LogP contribution in [0, 0.1) is 0 Å². The Bertz CT molecular complexity index is 527. The van der Waals surface area contributed by atoms with Crippen molar-refractivity contribution in [1.29, 1.82) is 0 Å². The van der Waals surface area contributed by atoms with E-state index in [9.17, 15) is 9.59 Å². The number of carboxylic acids is 1. The van der Waals surface area contributed by atoms with Crippen molar-refractivity contribution in [2.24, 2.45) is 0 Å². The molecule has 0 radical (unpaired) electrons. The van der Waals surface area contributed by atoms with E-state index in [1.165, 1.54) is 13.0 Å². The first-order valence-corrected chi connectivity index (χ1v) is 6.13. The van der Waals surface area contributed by atoms with Gasteiger partial charge in [0.25, 0.3) is 0 Å². The van der Waals surface area contributed by atoms with Crippen molar-refractivity contribution in [3.05, 3.63) is 33.8 Å². The number of benzene rings is 1. The van der Waals surface area contributed by atoms with Gasteiger partial charge in [-0.1, -0.05) is 11.6 Å². The second-order valence-electron chi connectivity index (χ2n) is 4.43. The third-order valence-corrected chi connectivity index (χ3v) is 3.76. The maximum Gasteiger partial charge on any atom is 0.335 e. The second-order valence-corrected chi connectivity index (χ2v) is 4.84. The van der Waals surface area contributed by atoms with Gasteiger partial charge in [-0.15, -0.1) is 0 Å². The van der Waals surface area contributed by atoms with Crippen LogP contribution >= 0.6 is 11.6 Å². The summed E-state index contributed by atoms with van der Waals surface area (Å²) < 4.78 is 0. The van der Waals surface area contributed by atoms with Crippen molar-refractivity contribution in [3.8, 4) is 0 Å². The number of hydrogen-bond acceptors (Lipinski definition) is 2. The number of rotatable bonds is 1. The maximum absolute atomic E-state index is 11.5. The third kappa shape index (κ3) is 1.97. The number of nitrogens with zero attached hydrogens (tertiary/aromatic N) is 1. The van der Waals surface area contributed by atoms with Crippen molar-refractivity contribution >= 4 is 23.5 Å². The van der Waals surface area contributed by atoms with Gasteiger partial charge in [-0.25, -0.2) is 4.79 Å². The topological polar surface area (TPSA) is 57.6 Å². The molecular weight excluding hydrogens is 254 g/mol. The van der Waals surface area contributed by atoms with Crippen molar-refractivity contribution in [1.82, 2.24) is 4.90 Å². The Kier molecular flexibility index (Phi) is 3.30. The summed E-state index contributed by atoms with van der Waals surface area (Å²) >= 11 is 6.15. The van der Waals surface area contributed by atoms with E-state index in [1.54, 1.807) is 11.0 Å². The minimum absolute atomic E-state index is 0.0232. The first-order valence-electron chi connectivity index (χ1n) is 5.75. The Morgan fingerprint density at radius 3 is 2.67 bits per heavy atom. The number of carbonyl (C=O) groups excluding carboxylic acids is 1. The highest BCUT2D eigenvalue weighted by molar-refractivity contribution is 6.31. The fourth-order valence-corrected chi connectivity index (χ4v) is 2.90. The van der Waals surface area contributed by atoms with Crippen LogP contribution in [0.2, 0.25) is 5.02 Å². The molecule has 0 spiro atoms. The summed E-state index contributed by atoms with van der Waals surface area (Å²) in [6.45, 7) is 3.91. The molecule has 1 aliphatic heterocycles. The second kappa shape index (κ2) is 4.61. The Labute approximate surface area is 110 Å². The average Bonchev–Trinajstić information content (AvgIpc) is 2.28. The van der Waals surface area contributed by atoms with Crippen molar-refractivity contribution in [2.75, 3.05) is 6.54 Å². The highest BCUT2D eigenvalue weighted by Gasteiger charge is 2.30. The Morgan fingerprint density at radius 2 is 2.11 bits per heavy atom. The maximum atomic E-state index is 11.5. The molecule has 5 heteroatoms. The summed E-state index contributed by atoms with van der Waals surface area (Å²) in [5.41, 5.74) is 1.79. The van der Waals surface area contributed by atoms with Crippen LogP contribution in [0.1, 0.15) is 41.4 Å². The van der Waals surface area contributed by atoms with Crippen molar-refractivity contribution < 1.29 is 14.7 Å². The fourth-order valence-electron chi connectivity index (χ4n) is 2.57. The largest absolute Gasteiger partial charge is 0.478 e. The zero-order chi connectivity index (χ0) is 13.4. The van der Waals surface area contributed by atoms with E-state index in [2.05, 4.69) is 0 Å². The van der Waals surface area contributed by atoms with E-state index in [1.807, 2.05) is 6.92 Å². The Morgan fingerprint density at radius 1 is 1.44 bits per heavy atom. The van der Waals surface area contributed by atoms with Gasteiger partial charge >= 0.3 is 5.97 Å². The Hall–Kier alpha value is -1.55. The molecule has 18 heavy (non-hydrogen) atoms. The third-order valence-electron chi connectivity index (χ3n) is 3.43. The van der Waals surface area contributed by atoms with Crippen LogP contribution in [-0.4, -0.2) is 28.4 Å². The molecule has 1 heterocycles. The first-order chi connectivity index (χ1) is 8.43. The quantitative estimate of drug-likeness (QED) is 0.851. The standard InChI is InChI=1S/C13H14ClNO3/c1-7-12-9(5-6-15(7)8(2)16)10(13(17)18)3-4-11(12)14/h3-4,7H,5-6H2,1-2H3,(H,17,18). The van der Waals surface area contributed by atoms with E-state index in [0.717, 1.165) is 11.1 Å². The molecule has 1 amide bonds. The van der Waals surface area contributed by atoms with E-state index < -0.39 is 5.97 Å². The summed E-state index contributed by atoms with van der Waals surface area (Å²) in [6.07, 6.45) is 0.529. The van der Waals surface area contributed by atoms with E-state index in [0.29, 0.717) is 18.0 Å². The molecule has 0 saturated heterocycles. The van der Waals surface area contributed by atoms with Crippen LogP contribution in [0.25, 0.3) is 0 Å². The molecular formula is C13H14ClNO3. The van der Waals surface area contributed by atoms with E-state index in [4.69, 9.17) is 16.7 Å². The normalized spacial score (nSPS) is 18.4. The number of carbonyl (C=O) groups is 2. The van der Waals surface area contributed by atoms with Crippen molar-refractivity contribution in [2.45, 2.75) is 26.3 Å². The predicted molar refractivity (Wildman–Crippen MR) is 67.9 cm³/mol. The molecule has 1 atom stereocenters. The lowest BCUT2D eigenvalue weighted by Crippen LogP contribution is -2.38. The lowest BCUT2D eigenvalue weighted by Gasteiger charge is -2.35. The van der Waals surface area contributed by atoms with Gasteiger partial charge in [-0.3, -0.25) is 4.79 Å². The Balaban J connectivity index is 2.57. The van der Waals surface area contributed by atoms with Crippen molar-refractivity contribution in [3.63, 3.8) is 0 Å². The molecule has 2 rings (SSSR count). The van der Waals surface area contributed by atoms with Crippen LogP contribution in [0.3, 0.4) is 0 Å². The monoisotopic (exact) mass is 267 g/mol. The highest BCUT2D eigenvalue weighted by atomic mass is 35.5. The number of halogens is 1. The number of hydrogen-bond donors (Lipinski definition) is 1. The molecule has 0 aromatic heterocycles. The van der Waals surface area contributed by atoms with Crippen LogP contribution < -0.4 is 0 Å². The van der Waals surface area contributed by atoms with Gasteiger partial charge in [-0.2, -0.15) is 0 Å². The number of carboxylic acid groups (broad SMARTS) is 1. The minimum Gasteiger partial charge on any atom is -0.478 e. The van der Waals surface area contributed by atoms with Gasteiger partial charge in [0, 0.05) is 18.5 Å². The minimum atomic E-state index is -0.952. The smallest absolute Gasteiger partial charge is 0.335 e. The SMILES string of the molecule is CC(=O)N1CCc2c(C(=O)O)ccc(Cl)c2C1C. The summed E-state index contributed by atoms with van der Waals surface area (Å²) in [5.74, 6) is -0.976. The van der Waals surface area contributed by atoms with Gasteiger partial charge in [0.15, 0.2) is 0 Å². The molecule has 0 saturated carbocycles. The van der Waals surface area contributed by atoms with Crippen LogP contribution in [0.4, 0.5) is 0 Å². The zero-order valence-corrected chi connectivity index (χ0v) is 11.0. The van der Waals surface area contributed by atoms with Crippen LogP contribution in [0.15, 0.2) is 12.1 Å². The van der Waals surface area contributed by atoms with Gasteiger partial charge in [0.1, 0.15) is 0 Å². The molecule has 1 aromatic carbocycles. The summed E-state index contributed by atoms with van der Waals surface area (Å²) in [7, 11) is 0. The lowest BCUT2D eigenvalue weighted by molar-refractivity contribution is -0.131. The molecule has 0 bridgehead atoms. The molecule has 0 aliphatic carbocycles. The summed E-state index contributed by atoms with van der Waals surface area (Å²) in [6, 6.07) is 2.93. The lowest BCUT2D eigenvalue weighted by atomic mass is 9.89. The molecule has 1 aromatic rings. The molecule has 1 unspecified atom stereocenters. The number of aromatic carboxylic acids is 1. The van der Waals surface area contributed by atoms with Gasteiger partial charge in [0.05, 0.1) is 11.6 Å². The predicted octanol–water partition coefficient (Wildman–Crippen LogP) is 2.50. The highest BCUT2D eigenvalue weighted by Crippen LogP contribution is 2.36. The fraction of sp³-hybridized carbons (Fsp3) is 0.385. The number of amides is 1. The van der Waals surface area contributed by atoms with Gasteiger partial charge in [-0.05, 0) is 36.6 Å². The van der Waals surface area contributed by atoms with Crippen LogP contribution in [-0.2, 0) is 11.2 Å². The van der Waals surface area contributed by atoms with Gasteiger partial charge in [0.2, 0.25) is 5.91 Å². The molecule has 96 valence electrons. The summed E-state index contributed by atoms with van der Waals surface area (Å²) in [5, 5.41) is 9.69. The summed E-state index contributed by atoms with van der Waals surface area (Å²) in [4.78, 5) is 24.4.